The Bertz CT molecular complexity index is 513. The third kappa shape index (κ3) is 10.4. The highest BCUT2D eigenvalue weighted by atomic mass is 79.9. The largest absolute Gasteiger partial charge is 0.673 e. The van der Waals surface area contributed by atoms with E-state index in [4.69, 9.17) is 5.39 Å². The van der Waals surface area contributed by atoms with Crippen LogP contribution in [0.4, 0.5) is 28.6 Å². The number of hydrogen-bond donors (Lipinski definition) is 0. The van der Waals surface area contributed by atoms with E-state index in [1.165, 1.54) is 0 Å². The fraction of sp³-hybridized carbons (Fsp3) is 0.400. The Morgan fingerprint density at radius 2 is 1.70 bits per heavy atom. The second-order valence-electron chi connectivity index (χ2n) is 4.60. The molecular formula is C10H12BBrF4N4. The van der Waals surface area contributed by atoms with Gasteiger partial charge in [0.15, 0.2) is 10.7 Å². The van der Waals surface area contributed by atoms with Gasteiger partial charge in [0.05, 0.1) is 11.6 Å². The van der Waals surface area contributed by atoms with E-state index in [0.29, 0.717) is 11.4 Å². The smallest absolute Gasteiger partial charge is 0.418 e. The molecule has 0 N–H and O–H groups in total. The van der Waals surface area contributed by atoms with Crippen molar-refractivity contribution in [2.75, 3.05) is 0 Å². The van der Waals surface area contributed by atoms with Crippen LogP contribution in [0, 0.1) is 5.39 Å². The Labute approximate surface area is 122 Å². The summed E-state index contributed by atoms with van der Waals surface area (Å²) in [4.78, 5) is 3.15. The van der Waals surface area contributed by atoms with Crippen LogP contribution in [0.2, 0.25) is 0 Å². The van der Waals surface area contributed by atoms with Crippen molar-refractivity contribution in [1.29, 1.82) is 5.39 Å². The molecule has 0 aliphatic carbocycles. The maximum Gasteiger partial charge on any atom is 0.673 e. The first kappa shape index (κ1) is 18.5. The van der Waals surface area contributed by atoms with Crippen molar-refractivity contribution in [1.82, 2.24) is 0 Å². The summed E-state index contributed by atoms with van der Waals surface area (Å²) in [5, 5.41) is 16.9. The van der Waals surface area contributed by atoms with Crippen LogP contribution >= 0.6 is 15.9 Å². The molecule has 1 rings (SSSR count). The van der Waals surface area contributed by atoms with Gasteiger partial charge in [-0.05, 0) is 32.9 Å². The van der Waals surface area contributed by atoms with Crippen LogP contribution in [0.1, 0.15) is 20.8 Å². The molecule has 0 radical (unpaired) electrons. The van der Waals surface area contributed by atoms with Gasteiger partial charge in [0.1, 0.15) is 0 Å². The van der Waals surface area contributed by atoms with E-state index >= 15 is 0 Å². The molecule has 0 saturated heterocycles. The number of rotatable bonds is 1. The molecule has 1 aromatic rings. The van der Waals surface area contributed by atoms with Crippen LogP contribution in [0.15, 0.2) is 32.9 Å². The highest BCUT2D eigenvalue weighted by Gasteiger charge is 2.20. The maximum absolute atomic E-state index is 9.75. The normalized spacial score (nSPS) is 11.8. The topological polar surface area (TPSA) is 52.9 Å². The summed E-state index contributed by atoms with van der Waals surface area (Å²) in [7, 11) is -6.00. The zero-order valence-corrected chi connectivity index (χ0v) is 12.6. The first-order valence-electron chi connectivity index (χ1n) is 5.37. The monoisotopic (exact) mass is 354 g/mol. The molecule has 10 heteroatoms. The van der Waals surface area contributed by atoms with Crippen LogP contribution in [0.3, 0.4) is 0 Å². The van der Waals surface area contributed by atoms with Crippen molar-refractivity contribution < 1.29 is 17.3 Å². The molecule has 0 fully saturated rings. The maximum atomic E-state index is 9.75. The molecule has 0 spiro atoms. The fourth-order valence-corrected chi connectivity index (χ4v) is 1.21. The van der Waals surface area contributed by atoms with Crippen molar-refractivity contribution in [2.45, 2.75) is 26.3 Å². The average molecular weight is 355 g/mol. The van der Waals surface area contributed by atoms with Gasteiger partial charge < -0.3 is 17.3 Å². The van der Waals surface area contributed by atoms with Gasteiger partial charge in [-0.1, -0.05) is 15.9 Å². The van der Waals surface area contributed by atoms with Gasteiger partial charge in [-0.15, -0.1) is 5.11 Å². The van der Waals surface area contributed by atoms with E-state index in [2.05, 4.69) is 31.1 Å². The zero-order valence-electron chi connectivity index (χ0n) is 11.0. The minimum atomic E-state index is -6.00. The molecule has 0 bridgehead atoms. The van der Waals surface area contributed by atoms with E-state index < -0.39 is 7.25 Å². The molecule has 110 valence electrons. The molecule has 20 heavy (non-hydrogen) atoms. The quantitative estimate of drug-likeness (QED) is 0.259. The number of benzene rings is 1. The van der Waals surface area contributed by atoms with Gasteiger partial charge in [-0.3, -0.25) is 0 Å². The minimum Gasteiger partial charge on any atom is -0.418 e. The van der Waals surface area contributed by atoms with Crippen molar-refractivity contribution in [3.05, 3.63) is 27.6 Å². The zero-order chi connectivity index (χ0) is 16.0. The number of azo groups is 1. The van der Waals surface area contributed by atoms with Gasteiger partial charge >= 0.3 is 12.9 Å². The van der Waals surface area contributed by atoms with Crippen LogP contribution in [-0.4, -0.2) is 12.8 Å². The van der Waals surface area contributed by atoms with E-state index in [1.54, 1.807) is 12.1 Å². The average Bonchev–Trinajstić information content (AvgIpc) is 2.23. The van der Waals surface area contributed by atoms with Crippen LogP contribution in [0.25, 0.3) is 4.98 Å². The third-order valence-electron chi connectivity index (χ3n) is 1.50. The highest BCUT2D eigenvalue weighted by Crippen LogP contribution is 2.31. The Morgan fingerprint density at radius 1 is 1.20 bits per heavy atom. The first-order valence-corrected chi connectivity index (χ1v) is 6.16. The van der Waals surface area contributed by atoms with Gasteiger partial charge in [-0.25, -0.2) is 0 Å². The summed E-state index contributed by atoms with van der Waals surface area (Å²) in [6, 6.07) is 5.25. The molecule has 1 aromatic carbocycles. The molecule has 0 aromatic heterocycles. The van der Waals surface area contributed by atoms with E-state index in [9.17, 15) is 17.3 Å². The molecule has 0 amide bonds. The molecule has 0 aliphatic heterocycles. The molecule has 0 saturated carbocycles. The van der Waals surface area contributed by atoms with Crippen LogP contribution in [-0.2, 0) is 0 Å². The van der Waals surface area contributed by atoms with Crippen LogP contribution < -0.4 is 0 Å². The third-order valence-corrected chi connectivity index (χ3v) is 2.00. The molecular weight excluding hydrogens is 343 g/mol. The highest BCUT2D eigenvalue weighted by molar-refractivity contribution is 9.10. The number of halogens is 5. The van der Waals surface area contributed by atoms with Gasteiger partial charge in [0, 0.05) is 4.47 Å². The predicted octanol–water partition coefficient (Wildman–Crippen LogP) is 6.12. The summed E-state index contributed by atoms with van der Waals surface area (Å²) in [6.07, 6.45) is 0. The Kier molecular flexibility index (Phi) is 6.78. The van der Waals surface area contributed by atoms with Crippen LogP contribution in [0.5, 0.6) is 0 Å². The standard InChI is InChI=1S/C10H12BrN4.BF4/c1-10(2,3)15-14-8-5-4-7(11)6-9(8)13-12;2-1(3,4)5/h4-6H,1-3H3;/q+1;-1. The fourth-order valence-electron chi connectivity index (χ4n) is 0.865. The number of nitrogens with zero attached hydrogens (tertiary/aromatic N) is 4. The molecule has 0 unspecified atom stereocenters. The van der Waals surface area contributed by atoms with Crippen molar-refractivity contribution in [3.8, 4) is 0 Å². The van der Waals surface area contributed by atoms with E-state index in [1.807, 2.05) is 26.8 Å². The van der Waals surface area contributed by atoms with Gasteiger partial charge in [0.2, 0.25) is 5.39 Å². The molecule has 0 heterocycles. The van der Waals surface area contributed by atoms with Crippen molar-refractivity contribution >= 4 is 34.6 Å². The Morgan fingerprint density at radius 3 is 2.10 bits per heavy atom. The summed E-state index contributed by atoms with van der Waals surface area (Å²) in [5.41, 5.74) is 0.716. The second-order valence-corrected chi connectivity index (χ2v) is 5.51. The lowest BCUT2D eigenvalue weighted by molar-refractivity contribution is 0.368. The predicted molar refractivity (Wildman–Crippen MR) is 73.3 cm³/mol. The number of diazo groups is 1. The molecule has 0 aliphatic rings. The Balaban J connectivity index is 0.000000621. The summed E-state index contributed by atoms with van der Waals surface area (Å²) < 4.78 is 39.8. The lowest BCUT2D eigenvalue weighted by Crippen LogP contribution is -2.07. The van der Waals surface area contributed by atoms with Crippen molar-refractivity contribution in [3.63, 3.8) is 0 Å². The van der Waals surface area contributed by atoms with Crippen molar-refractivity contribution in [2.24, 2.45) is 10.2 Å². The van der Waals surface area contributed by atoms with E-state index in [0.717, 1.165) is 4.47 Å². The minimum absolute atomic E-state index is 0.236. The first-order chi connectivity index (χ1) is 8.92. The lowest BCUT2D eigenvalue weighted by Gasteiger charge is -2.07. The molecule has 4 nitrogen and oxygen atoms in total. The SMILES string of the molecule is CC(C)(C)N=Nc1ccc(Br)cc1[N+]#N.F[B-](F)(F)F. The summed E-state index contributed by atoms with van der Waals surface area (Å²) >= 11 is 3.28. The van der Waals surface area contributed by atoms with E-state index in [-0.39, 0.29) is 5.54 Å². The number of hydrogen-bond acceptors (Lipinski definition) is 3. The second kappa shape index (κ2) is 7.33. The Hall–Kier alpha value is -1.50. The van der Waals surface area contributed by atoms with Gasteiger partial charge in [0.25, 0.3) is 0 Å². The molecule has 0 atom stereocenters. The summed E-state index contributed by atoms with van der Waals surface area (Å²) in [6.45, 7) is 5.85. The lowest BCUT2D eigenvalue weighted by atomic mass is 10.1. The van der Waals surface area contributed by atoms with Gasteiger partial charge in [-0.2, -0.15) is 5.11 Å². The summed E-state index contributed by atoms with van der Waals surface area (Å²) in [5.74, 6) is 0.